The highest BCUT2D eigenvalue weighted by Crippen LogP contribution is 2.28. The van der Waals surface area contributed by atoms with Crippen molar-refractivity contribution in [3.05, 3.63) is 0 Å². The average Bonchev–Trinajstić information content (AvgIpc) is 2.13. The monoisotopic (exact) mass is 173 g/mol. The van der Waals surface area contributed by atoms with Gasteiger partial charge in [0, 0.05) is 25.9 Å². The standard InChI is InChI=1S/C8H15NO3/c1-7-6-10-8(12-11-7)2-4-9-5-3-8/h7,9H,2-6H2,1H3/t7-/m1/s1. The van der Waals surface area contributed by atoms with E-state index in [-0.39, 0.29) is 6.10 Å². The Balaban J connectivity index is 1.92. The van der Waals surface area contributed by atoms with Crippen LogP contribution in [0.15, 0.2) is 0 Å². The molecule has 0 amide bonds. The van der Waals surface area contributed by atoms with Gasteiger partial charge in [0.2, 0.25) is 5.79 Å². The van der Waals surface area contributed by atoms with Crippen molar-refractivity contribution in [1.82, 2.24) is 5.32 Å². The van der Waals surface area contributed by atoms with Gasteiger partial charge in [-0.15, -0.1) is 0 Å². The van der Waals surface area contributed by atoms with E-state index in [1.807, 2.05) is 6.92 Å². The first-order valence-electron chi connectivity index (χ1n) is 4.50. The lowest BCUT2D eigenvalue weighted by molar-refractivity contribution is -0.488. The van der Waals surface area contributed by atoms with Crippen molar-refractivity contribution in [1.29, 1.82) is 0 Å². The highest BCUT2D eigenvalue weighted by atomic mass is 17.2. The first-order chi connectivity index (χ1) is 5.81. The van der Waals surface area contributed by atoms with Crippen molar-refractivity contribution >= 4 is 0 Å². The van der Waals surface area contributed by atoms with Crippen LogP contribution in [0, 0.1) is 0 Å². The zero-order valence-electron chi connectivity index (χ0n) is 7.34. The van der Waals surface area contributed by atoms with Crippen molar-refractivity contribution in [2.45, 2.75) is 31.7 Å². The molecule has 2 fully saturated rings. The van der Waals surface area contributed by atoms with Crippen molar-refractivity contribution in [2.24, 2.45) is 0 Å². The fourth-order valence-corrected chi connectivity index (χ4v) is 1.53. The van der Waals surface area contributed by atoms with Gasteiger partial charge in [-0.25, -0.2) is 9.78 Å². The molecule has 2 heterocycles. The lowest BCUT2D eigenvalue weighted by Gasteiger charge is -2.40. The van der Waals surface area contributed by atoms with Gasteiger partial charge in [-0.3, -0.25) is 0 Å². The minimum absolute atomic E-state index is 0.0607. The molecule has 70 valence electrons. The molecule has 0 aromatic carbocycles. The smallest absolute Gasteiger partial charge is 0.204 e. The molecule has 12 heavy (non-hydrogen) atoms. The second-order valence-electron chi connectivity index (χ2n) is 3.46. The molecule has 1 atom stereocenters. The van der Waals surface area contributed by atoms with Gasteiger partial charge in [0.25, 0.3) is 0 Å². The van der Waals surface area contributed by atoms with Crippen molar-refractivity contribution in [2.75, 3.05) is 19.7 Å². The predicted molar refractivity (Wildman–Crippen MR) is 42.4 cm³/mol. The minimum Gasteiger partial charge on any atom is -0.344 e. The summed E-state index contributed by atoms with van der Waals surface area (Å²) in [7, 11) is 0. The SMILES string of the molecule is C[C@@H]1COC2(CCNCC2)OO1. The van der Waals surface area contributed by atoms with Gasteiger partial charge in [0.1, 0.15) is 6.10 Å². The van der Waals surface area contributed by atoms with Crippen LogP contribution in [-0.2, 0) is 14.5 Å². The highest BCUT2D eigenvalue weighted by Gasteiger charge is 2.39. The molecule has 1 N–H and O–H groups in total. The summed E-state index contributed by atoms with van der Waals surface area (Å²) >= 11 is 0. The number of hydrogen-bond acceptors (Lipinski definition) is 4. The topological polar surface area (TPSA) is 39.7 Å². The Morgan fingerprint density at radius 3 is 2.67 bits per heavy atom. The summed E-state index contributed by atoms with van der Waals surface area (Å²) in [6.07, 6.45) is 1.81. The zero-order chi connectivity index (χ0) is 8.44. The van der Waals surface area contributed by atoms with Gasteiger partial charge >= 0.3 is 0 Å². The fraction of sp³-hybridized carbons (Fsp3) is 1.00. The molecule has 0 bridgehead atoms. The van der Waals surface area contributed by atoms with Gasteiger partial charge in [0.15, 0.2) is 0 Å². The third-order valence-electron chi connectivity index (χ3n) is 2.31. The summed E-state index contributed by atoms with van der Waals surface area (Å²) < 4.78 is 5.63. The number of rotatable bonds is 0. The van der Waals surface area contributed by atoms with Gasteiger partial charge < -0.3 is 10.1 Å². The van der Waals surface area contributed by atoms with Crippen LogP contribution in [0.25, 0.3) is 0 Å². The Labute approximate surface area is 72.1 Å². The molecule has 2 saturated heterocycles. The van der Waals surface area contributed by atoms with E-state index in [1.54, 1.807) is 0 Å². The first-order valence-corrected chi connectivity index (χ1v) is 4.50. The van der Waals surface area contributed by atoms with Crippen molar-refractivity contribution in [3.63, 3.8) is 0 Å². The first kappa shape index (κ1) is 8.44. The van der Waals surface area contributed by atoms with E-state index in [4.69, 9.17) is 14.5 Å². The molecule has 4 heteroatoms. The summed E-state index contributed by atoms with van der Waals surface area (Å²) in [6, 6.07) is 0. The van der Waals surface area contributed by atoms with Gasteiger partial charge in [-0.05, 0) is 6.92 Å². The Hall–Kier alpha value is -0.160. The zero-order valence-corrected chi connectivity index (χ0v) is 7.34. The summed E-state index contributed by atoms with van der Waals surface area (Å²) in [4.78, 5) is 10.4. The Morgan fingerprint density at radius 2 is 2.08 bits per heavy atom. The molecule has 4 nitrogen and oxygen atoms in total. The summed E-state index contributed by atoms with van der Waals surface area (Å²) in [5, 5.41) is 3.25. The van der Waals surface area contributed by atoms with Crippen LogP contribution >= 0.6 is 0 Å². The van der Waals surface area contributed by atoms with Crippen LogP contribution in [0.5, 0.6) is 0 Å². The number of piperidine rings is 1. The molecule has 1 spiro atoms. The van der Waals surface area contributed by atoms with Crippen LogP contribution in [0.4, 0.5) is 0 Å². The van der Waals surface area contributed by atoms with Crippen LogP contribution in [0.2, 0.25) is 0 Å². The van der Waals surface area contributed by atoms with E-state index in [9.17, 15) is 0 Å². The molecule has 2 aliphatic rings. The summed E-state index contributed by atoms with van der Waals surface area (Å²) in [5.74, 6) is -0.447. The Bertz CT molecular complexity index is 146. The highest BCUT2D eigenvalue weighted by molar-refractivity contribution is 4.78. The van der Waals surface area contributed by atoms with E-state index < -0.39 is 5.79 Å². The van der Waals surface area contributed by atoms with Gasteiger partial charge in [-0.2, -0.15) is 0 Å². The lowest BCUT2D eigenvalue weighted by atomic mass is 10.1. The fourth-order valence-electron chi connectivity index (χ4n) is 1.53. The number of ether oxygens (including phenoxy) is 1. The van der Waals surface area contributed by atoms with Crippen LogP contribution < -0.4 is 5.32 Å². The maximum Gasteiger partial charge on any atom is 0.204 e. The molecule has 0 saturated carbocycles. The molecule has 0 aliphatic carbocycles. The molecule has 0 aromatic rings. The second-order valence-corrected chi connectivity index (χ2v) is 3.46. The summed E-state index contributed by atoms with van der Waals surface area (Å²) in [5.41, 5.74) is 0. The minimum atomic E-state index is -0.447. The van der Waals surface area contributed by atoms with E-state index in [2.05, 4.69) is 5.32 Å². The van der Waals surface area contributed by atoms with Gasteiger partial charge in [0.05, 0.1) is 6.61 Å². The normalized spacial score (nSPS) is 35.2. The lowest BCUT2D eigenvalue weighted by Crippen LogP contribution is -2.50. The van der Waals surface area contributed by atoms with Gasteiger partial charge in [-0.1, -0.05) is 0 Å². The number of hydrogen-bond donors (Lipinski definition) is 1. The van der Waals surface area contributed by atoms with E-state index in [0.29, 0.717) is 6.61 Å². The molecular formula is C8H15NO3. The number of nitrogens with one attached hydrogen (secondary N) is 1. The molecule has 2 rings (SSSR count). The largest absolute Gasteiger partial charge is 0.344 e. The van der Waals surface area contributed by atoms with E-state index in [0.717, 1.165) is 25.9 Å². The van der Waals surface area contributed by atoms with E-state index in [1.165, 1.54) is 0 Å². The molecule has 0 aromatic heterocycles. The van der Waals surface area contributed by atoms with Crippen molar-refractivity contribution < 1.29 is 14.5 Å². The third kappa shape index (κ3) is 1.61. The molecule has 0 radical (unpaired) electrons. The summed E-state index contributed by atoms with van der Waals surface area (Å²) in [6.45, 7) is 4.46. The predicted octanol–water partition coefficient (Wildman–Crippen LogP) is 0.433. The quantitative estimate of drug-likeness (QED) is 0.539. The Kier molecular flexibility index (Phi) is 2.32. The van der Waals surface area contributed by atoms with Crippen LogP contribution in [-0.4, -0.2) is 31.6 Å². The third-order valence-corrected chi connectivity index (χ3v) is 2.31. The average molecular weight is 173 g/mol. The van der Waals surface area contributed by atoms with Crippen molar-refractivity contribution in [3.8, 4) is 0 Å². The second kappa shape index (κ2) is 3.30. The maximum absolute atomic E-state index is 5.63. The van der Waals surface area contributed by atoms with Crippen LogP contribution in [0.1, 0.15) is 19.8 Å². The van der Waals surface area contributed by atoms with E-state index >= 15 is 0 Å². The van der Waals surface area contributed by atoms with Crippen LogP contribution in [0.3, 0.4) is 0 Å². The molecule has 2 aliphatic heterocycles. The molecule has 0 unspecified atom stereocenters. The maximum atomic E-state index is 5.63. The molecular weight excluding hydrogens is 158 g/mol. The Morgan fingerprint density at radius 1 is 1.33 bits per heavy atom.